The van der Waals surface area contributed by atoms with Gasteiger partial charge in [0.25, 0.3) is 0 Å². The van der Waals surface area contributed by atoms with Crippen LogP contribution < -0.4 is 5.32 Å². The number of nitrogens with zero attached hydrogens (tertiary/aromatic N) is 1. The van der Waals surface area contributed by atoms with Crippen molar-refractivity contribution in [1.82, 2.24) is 15.2 Å². The summed E-state index contributed by atoms with van der Waals surface area (Å²) < 4.78 is 0. The minimum Gasteiger partial charge on any atom is -0.361 e. The normalized spacial score (nSPS) is 21.0. The molecule has 0 bridgehead atoms. The number of amides is 2. The lowest BCUT2D eigenvalue weighted by atomic mass is 9.92. The third-order valence-electron chi connectivity index (χ3n) is 4.71. The second kappa shape index (κ2) is 7.07. The van der Waals surface area contributed by atoms with Gasteiger partial charge >= 0.3 is 11.8 Å². The van der Waals surface area contributed by atoms with Crippen molar-refractivity contribution in [2.75, 3.05) is 19.6 Å². The number of fused-ring (bicyclic) bond motifs is 1. The number of carbonyl (C=O) groups excluding carboxylic acids is 2. The Labute approximate surface area is 142 Å². The molecule has 2 atom stereocenters. The van der Waals surface area contributed by atoms with Crippen LogP contribution in [0.4, 0.5) is 0 Å². The fourth-order valence-electron chi connectivity index (χ4n) is 3.70. The largest absolute Gasteiger partial charge is 0.361 e. The molecule has 5 heteroatoms. The monoisotopic (exact) mass is 327 g/mol. The topological polar surface area (TPSA) is 65.2 Å². The molecule has 2 unspecified atom stereocenters. The lowest BCUT2D eigenvalue weighted by Crippen LogP contribution is -2.49. The van der Waals surface area contributed by atoms with Crippen LogP contribution in [0.25, 0.3) is 10.9 Å². The van der Waals surface area contributed by atoms with E-state index in [1.807, 2.05) is 24.4 Å². The summed E-state index contributed by atoms with van der Waals surface area (Å²) in [5.41, 5.74) is 2.24. The first kappa shape index (κ1) is 16.6. The van der Waals surface area contributed by atoms with E-state index < -0.39 is 11.8 Å². The van der Waals surface area contributed by atoms with Gasteiger partial charge in [0.1, 0.15) is 0 Å². The molecular formula is C19H25N3O2. The van der Waals surface area contributed by atoms with Gasteiger partial charge in [-0.2, -0.15) is 0 Å². The Morgan fingerprint density at radius 1 is 1.21 bits per heavy atom. The molecule has 1 fully saturated rings. The minimum atomic E-state index is -0.490. The Morgan fingerprint density at radius 3 is 2.67 bits per heavy atom. The predicted molar refractivity (Wildman–Crippen MR) is 94.5 cm³/mol. The van der Waals surface area contributed by atoms with Crippen LogP contribution in [0, 0.1) is 11.8 Å². The van der Waals surface area contributed by atoms with E-state index in [1.54, 1.807) is 4.90 Å². The van der Waals surface area contributed by atoms with Gasteiger partial charge in [-0.15, -0.1) is 0 Å². The summed E-state index contributed by atoms with van der Waals surface area (Å²) in [6.45, 7) is 6.08. The Kier molecular flexibility index (Phi) is 4.88. The minimum absolute atomic E-state index is 0.396. The molecule has 0 radical (unpaired) electrons. The number of rotatable bonds is 3. The van der Waals surface area contributed by atoms with E-state index in [4.69, 9.17) is 0 Å². The lowest BCUT2D eigenvalue weighted by molar-refractivity contribution is -0.147. The summed E-state index contributed by atoms with van der Waals surface area (Å²) in [6, 6.07) is 8.08. The van der Waals surface area contributed by atoms with Crippen molar-refractivity contribution >= 4 is 22.7 Å². The average molecular weight is 327 g/mol. The number of hydrogen-bond acceptors (Lipinski definition) is 2. The van der Waals surface area contributed by atoms with Crippen LogP contribution in [0.3, 0.4) is 0 Å². The highest BCUT2D eigenvalue weighted by atomic mass is 16.2. The van der Waals surface area contributed by atoms with Crippen molar-refractivity contribution in [3.63, 3.8) is 0 Å². The van der Waals surface area contributed by atoms with Crippen molar-refractivity contribution in [3.05, 3.63) is 36.0 Å². The van der Waals surface area contributed by atoms with Gasteiger partial charge in [0.15, 0.2) is 0 Å². The van der Waals surface area contributed by atoms with Gasteiger partial charge in [-0.3, -0.25) is 9.59 Å². The van der Waals surface area contributed by atoms with Crippen molar-refractivity contribution in [2.24, 2.45) is 11.8 Å². The van der Waals surface area contributed by atoms with E-state index >= 15 is 0 Å². The molecule has 3 rings (SSSR count). The number of benzene rings is 1. The summed E-state index contributed by atoms with van der Waals surface area (Å²) in [5, 5.41) is 3.93. The number of likely N-dealkylation sites (tertiary alicyclic amines) is 1. The van der Waals surface area contributed by atoms with Gasteiger partial charge in [-0.1, -0.05) is 32.0 Å². The van der Waals surface area contributed by atoms with Crippen molar-refractivity contribution in [3.8, 4) is 0 Å². The molecule has 0 saturated carbocycles. The summed E-state index contributed by atoms with van der Waals surface area (Å²) in [4.78, 5) is 29.4. The molecule has 2 amide bonds. The van der Waals surface area contributed by atoms with E-state index in [2.05, 4.69) is 30.2 Å². The number of H-pyrrole nitrogens is 1. The van der Waals surface area contributed by atoms with Gasteiger partial charge in [0.05, 0.1) is 0 Å². The Bertz CT molecular complexity index is 727. The SMILES string of the molecule is CC1CC(C)CN(C(=O)C(=O)NCCc2c[nH]c3ccccc23)C1. The molecule has 1 aliphatic heterocycles. The summed E-state index contributed by atoms with van der Waals surface area (Å²) in [6.07, 6.45) is 3.79. The second-order valence-corrected chi connectivity index (χ2v) is 7.02. The highest BCUT2D eigenvalue weighted by Crippen LogP contribution is 2.21. The molecule has 0 aliphatic carbocycles. The number of nitrogens with one attached hydrogen (secondary N) is 2. The van der Waals surface area contributed by atoms with E-state index in [9.17, 15) is 9.59 Å². The van der Waals surface area contributed by atoms with Crippen LogP contribution in [0.2, 0.25) is 0 Å². The number of piperidine rings is 1. The smallest absolute Gasteiger partial charge is 0.311 e. The van der Waals surface area contributed by atoms with E-state index in [-0.39, 0.29) is 0 Å². The van der Waals surface area contributed by atoms with Crippen LogP contribution >= 0.6 is 0 Å². The van der Waals surface area contributed by atoms with Gasteiger partial charge in [0, 0.05) is 36.7 Å². The van der Waals surface area contributed by atoms with Crippen LogP contribution in [0.15, 0.2) is 30.5 Å². The Morgan fingerprint density at radius 2 is 1.92 bits per heavy atom. The summed E-state index contributed by atoms with van der Waals surface area (Å²) in [5.74, 6) is 0.0249. The summed E-state index contributed by atoms with van der Waals surface area (Å²) in [7, 11) is 0. The zero-order valence-corrected chi connectivity index (χ0v) is 14.3. The predicted octanol–water partition coefficient (Wildman–Crippen LogP) is 2.33. The third kappa shape index (κ3) is 3.61. The first-order valence-corrected chi connectivity index (χ1v) is 8.66. The number of aromatic amines is 1. The molecule has 2 N–H and O–H groups in total. The molecule has 128 valence electrons. The van der Waals surface area contributed by atoms with Crippen LogP contribution in [-0.4, -0.2) is 41.3 Å². The number of aromatic nitrogens is 1. The zero-order chi connectivity index (χ0) is 17.1. The third-order valence-corrected chi connectivity index (χ3v) is 4.71. The van der Waals surface area contributed by atoms with Gasteiger partial charge < -0.3 is 15.2 Å². The van der Waals surface area contributed by atoms with Crippen LogP contribution in [0.1, 0.15) is 25.8 Å². The van der Waals surface area contributed by atoms with Crippen LogP contribution in [0.5, 0.6) is 0 Å². The summed E-state index contributed by atoms with van der Waals surface area (Å²) >= 11 is 0. The highest BCUT2D eigenvalue weighted by Gasteiger charge is 2.28. The van der Waals surface area contributed by atoms with Gasteiger partial charge in [-0.05, 0) is 36.3 Å². The molecular weight excluding hydrogens is 302 g/mol. The quantitative estimate of drug-likeness (QED) is 0.850. The fraction of sp³-hybridized carbons (Fsp3) is 0.474. The molecule has 2 heterocycles. The molecule has 24 heavy (non-hydrogen) atoms. The molecule has 5 nitrogen and oxygen atoms in total. The molecule has 1 saturated heterocycles. The van der Waals surface area contributed by atoms with E-state index in [0.717, 1.165) is 22.9 Å². The first-order valence-electron chi connectivity index (χ1n) is 8.66. The molecule has 2 aromatic rings. The Balaban J connectivity index is 1.53. The van der Waals surface area contributed by atoms with Crippen molar-refractivity contribution in [2.45, 2.75) is 26.7 Å². The van der Waals surface area contributed by atoms with Gasteiger partial charge in [-0.25, -0.2) is 0 Å². The Hall–Kier alpha value is -2.30. The second-order valence-electron chi connectivity index (χ2n) is 7.02. The molecule has 1 aliphatic rings. The number of carbonyl (C=O) groups is 2. The zero-order valence-electron chi connectivity index (χ0n) is 14.3. The maximum absolute atomic E-state index is 12.3. The number of hydrogen-bond donors (Lipinski definition) is 2. The van der Waals surface area contributed by atoms with Crippen molar-refractivity contribution < 1.29 is 9.59 Å². The standard InChI is InChI=1S/C19H25N3O2/c1-13-9-14(2)12-22(11-13)19(24)18(23)20-8-7-15-10-21-17-6-4-3-5-16(15)17/h3-6,10,13-14,21H,7-9,11-12H2,1-2H3,(H,20,23). The maximum Gasteiger partial charge on any atom is 0.311 e. The molecule has 1 aromatic heterocycles. The molecule has 0 spiro atoms. The molecule has 1 aromatic carbocycles. The van der Waals surface area contributed by atoms with E-state index in [1.165, 1.54) is 0 Å². The van der Waals surface area contributed by atoms with Gasteiger partial charge in [0.2, 0.25) is 0 Å². The van der Waals surface area contributed by atoms with Crippen molar-refractivity contribution in [1.29, 1.82) is 0 Å². The highest BCUT2D eigenvalue weighted by molar-refractivity contribution is 6.35. The maximum atomic E-state index is 12.3. The number of para-hydroxylation sites is 1. The van der Waals surface area contributed by atoms with E-state index in [0.29, 0.717) is 37.9 Å². The van der Waals surface area contributed by atoms with Crippen LogP contribution in [-0.2, 0) is 16.0 Å². The lowest BCUT2D eigenvalue weighted by Gasteiger charge is -2.34. The fourth-order valence-corrected chi connectivity index (χ4v) is 3.70. The average Bonchev–Trinajstić information content (AvgIpc) is 2.96. The first-order chi connectivity index (χ1) is 11.5.